The van der Waals surface area contributed by atoms with Crippen LogP contribution >= 0.6 is 0 Å². The van der Waals surface area contributed by atoms with Gasteiger partial charge in [0.05, 0.1) is 0 Å². The number of aliphatic carboxylic acids is 1. The van der Waals surface area contributed by atoms with Gasteiger partial charge < -0.3 is 26.3 Å². The van der Waals surface area contributed by atoms with E-state index in [0.29, 0.717) is 41.6 Å². The number of carboxylic acid groups (broad SMARTS) is 1. The summed E-state index contributed by atoms with van der Waals surface area (Å²) in [6.07, 6.45) is 0.992. The molecule has 1 heterocycles. The highest BCUT2D eigenvalue weighted by Crippen LogP contribution is 2.28. The number of carbonyl (C=O) groups is 2. The van der Waals surface area contributed by atoms with Crippen molar-refractivity contribution in [3.63, 3.8) is 0 Å². The van der Waals surface area contributed by atoms with Gasteiger partial charge in [-0.3, -0.25) is 4.79 Å². The Hall–Kier alpha value is -2.87. The molecule has 0 saturated heterocycles. The summed E-state index contributed by atoms with van der Waals surface area (Å²) in [6.45, 7) is 3.22. The molecule has 0 aliphatic carbocycles. The van der Waals surface area contributed by atoms with Gasteiger partial charge in [0.15, 0.2) is 11.3 Å². The molecule has 1 aromatic carbocycles. The lowest BCUT2D eigenvalue weighted by Gasteiger charge is -2.29. The van der Waals surface area contributed by atoms with Crippen LogP contribution in [0.5, 0.6) is 0 Å². The molecule has 0 aliphatic rings. The van der Waals surface area contributed by atoms with Gasteiger partial charge in [-0.1, -0.05) is 0 Å². The number of hydrogen-bond donors (Lipinski definition) is 4. The lowest BCUT2D eigenvalue weighted by molar-refractivity contribution is -0.146. The van der Waals surface area contributed by atoms with Crippen molar-refractivity contribution in [1.82, 2.24) is 0 Å². The number of unbranched alkanes of at least 4 members (excludes halogenated alkanes) is 1. The molecule has 0 radical (unpaired) electrons. The maximum absolute atomic E-state index is 12.4. The van der Waals surface area contributed by atoms with Crippen molar-refractivity contribution in [2.24, 2.45) is 5.73 Å². The molecule has 0 fully saturated rings. The number of carboxylic acids is 1. The number of rotatable bonds is 8. The van der Waals surface area contributed by atoms with E-state index in [1.807, 2.05) is 0 Å². The normalized spacial score (nSPS) is 13.3. The van der Waals surface area contributed by atoms with Crippen LogP contribution in [0.1, 0.15) is 31.7 Å². The van der Waals surface area contributed by atoms with Crippen LogP contribution in [0.2, 0.25) is 0 Å². The van der Waals surface area contributed by atoms with E-state index < -0.39 is 22.9 Å². The Morgan fingerprint density at radius 1 is 1.31 bits per heavy atom. The van der Waals surface area contributed by atoms with Gasteiger partial charge in [0, 0.05) is 17.1 Å². The highest BCUT2D eigenvalue weighted by atomic mass is 16.4. The second-order valence-electron chi connectivity index (χ2n) is 6.28. The summed E-state index contributed by atoms with van der Waals surface area (Å²) in [5.74, 6) is -1.95. The van der Waals surface area contributed by atoms with Gasteiger partial charge in [-0.15, -0.1) is 0 Å². The first-order chi connectivity index (χ1) is 12.2. The molecule has 2 aromatic rings. The predicted octanol–water partition coefficient (Wildman–Crippen LogP) is 1.64. The van der Waals surface area contributed by atoms with Crippen molar-refractivity contribution >= 4 is 34.1 Å². The summed E-state index contributed by atoms with van der Waals surface area (Å²) in [6, 6.07) is 4.85. The smallest absolute Gasteiger partial charge is 0.360 e. The number of carbonyl (C=O) groups excluding carboxylic acids is 1. The number of hydrogen-bond acceptors (Lipinski definition) is 7. The largest absolute Gasteiger partial charge is 0.479 e. The molecule has 0 amide bonds. The van der Waals surface area contributed by atoms with Crippen molar-refractivity contribution in [3.8, 4) is 0 Å². The first-order valence-corrected chi connectivity index (χ1v) is 8.28. The number of nitrogen functional groups attached to an aromatic ring is 1. The van der Waals surface area contributed by atoms with Crippen molar-refractivity contribution in [3.05, 3.63) is 34.2 Å². The topological polar surface area (TPSA) is 149 Å². The van der Waals surface area contributed by atoms with Crippen LogP contribution in [0.4, 0.5) is 11.4 Å². The maximum atomic E-state index is 12.4. The second-order valence-corrected chi connectivity index (χ2v) is 6.28. The van der Waals surface area contributed by atoms with Gasteiger partial charge in [0.2, 0.25) is 0 Å². The third-order valence-electron chi connectivity index (χ3n) is 4.50. The van der Waals surface area contributed by atoms with Gasteiger partial charge in [0.25, 0.3) is 0 Å². The van der Waals surface area contributed by atoms with Crippen molar-refractivity contribution in [2.45, 2.75) is 38.6 Å². The number of anilines is 2. The SMILES string of the molecule is CC(=O)[C@@](CCCCN)(Nc1c(C)c2ccc(N)cc2oc1=O)C(=O)O. The standard InChI is InChI=1S/C18H23N3O5/c1-10-13-6-5-12(20)9-14(13)26-16(23)15(10)21-18(11(2)22,17(24)25)7-3-4-8-19/h5-6,9,21H,3-4,7-8,19-20H2,1-2H3,(H,24,25)/t18-/m1/s1. The average molecular weight is 361 g/mol. The molecule has 140 valence electrons. The zero-order chi connectivity index (χ0) is 19.5. The number of fused-ring (bicyclic) bond motifs is 1. The quantitative estimate of drug-likeness (QED) is 0.240. The van der Waals surface area contributed by atoms with Crippen LogP contribution in [-0.2, 0) is 9.59 Å². The molecule has 6 N–H and O–H groups in total. The van der Waals surface area contributed by atoms with Crippen LogP contribution in [0, 0.1) is 6.92 Å². The number of benzene rings is 1. The molecule has 0 spiro atoms. The van der Waals surface area contributed by atoms with E-state index in [2.05, 4.69) is 5.32 Å². The highest BCUT2D eigenvalue weighted by Gasteiger charge is 2.44. The third-order valence-corrected chi connectivity index (χ3v) is 4.50. The number of nitrogens with one attached hydrogen (secondary N) is 1. The summed E-state index contributed by atoms with van der Waals surface area (Å²) in [7, 11) is 0. The van der Waals surface area contributed by atoms with Crippen LogP contribution in [-0.4, -0.2) is 28.9 Å². The van der Waals surface area contributed by atoms with Crippen LogP contribution in [0.25, 0.3) is 11.0 Å². The zero-order valence-corrected chi connectivity index (χ0v) is 14.8. The fourth-order valence-corrected chi connectivity index (χ4v) is 2.90. The summed E-state index contributed by atoms with van der Waals surface area (Å²) in [5.41, 5.74) is 9.65. The first-order valence-electron chi connectivity index (χ1n) is 8.28. The van der Waals surface area contributed by atoms with Crippen LogP contribution < -0.4 is 22.4 Å². The Kier molecular flexibility index (Phi) is 5.66. The molecular formula is C18H23N3O5. The molecule has 26 heavy (non-hydrogen) atoms. The highest BCUT2D eigenvalue weighted by molar-refractivity contribution is 6.09. The summed E-state index contributed by atoms with van der Waals surface area (Å²) >= 11 is 0. The van der Waals surface area contributed by atoms with E-state index in [0.717, 1.165) is 0 Å². The minimum absolute atomic E-state index is 0.00746. The minimum Gasteiger partial charge on any atom is -0.479 e. The number of ketones is 1. The van der Waals surface area contributed by atoms with E-state index in [4.69, 9.17) is 15.9 Å². The van der Waals surface area contributed by atoms with Gasteiger partial charge in [-0.05, 0) is 57.4 Å². The third kappa shape index (κ3) is 3.55. The van der Waals surface area contributed by atoms with Gasteiger partial charge >= 0.3 is 11.6 Å². The molecular weight excluding hydrogens is 338 g/mol. The predicted molar refractivity (Wildman–Crippen MR) is 99.2 cm³/mol. The fourth-order valence-electron chi connectivity index (χ4n) is 2.90. The summed E-state index contributed by atoms with van der Waals surface area (Å²) in [5, 5.41) is 13.0. The van der Waals surface area contributed by atoms with Gasteiger partial charge in [0.1, 0.15) is 11.3 Å². The molecule has 1 atom stereocenters. The number of aryl methyl sites for hydroxylation is 1. The van der Waals surface area contributed by atoms with Gasteiger partial charge in [-0.25, -0.2) is 9.59 Å². The van der Waals surface area contributed by atoms with Gasteiger partial charge in [-0.2, -0.15) is 0 Å². The van der Waals surface area contributed by atoms with Crippen molar-refractivity contribution < 1.29 is 19.1 Å². The molecule has 8 heteroatoms. The Balaban J connectivity index is 2.57. The molecule has 8 nitrogen and oxygen atoms in total. The van der Waals surface area contributed by atoms with E-state index in [9.17, 15) is 19.5 Å². The van der Waals surface area contributed by atoms with Crippen LogP contribution in [0.3, 0.4) is 0 Å². The molecule has 2 rings (SSSR count). The Morgan fingerprint density at radius 3 is 2.58 bits per heavy atom. The van der Waals surface area contributed by atoms with E-state index >= 15 is 0 Å². The first kappa shape index (κ1) is 19.5. The lowest BCUT2D eigenvalue weighted by Crippen LogP contribution is -2.53. The average Bonchev–Trinajstić information content (AvgIpc) is 2.56. The monoisotopic (exact) mass is 361 g/mol. The molecule has 1 aromatic heterocycles. The van der Waals surface area contributed by atoms with Crippen LogP contribution in [0.15, 0.2) is 27.4 Å². The fraction of sp³-hybridized carbons (Fsp3) is 0.389. The summed E-state index contributed by atoms with van der Waals surface area (Å²) < 4.78 is 5.26. The Morgan fingerprint density at radius 2 is 2.00 bits per heavy atom. The Labute approximate surface area is 150 Å². The Bertz CT molecular complexity index is 890. The number of Topliss-reactive ketones (excluding diaryl/α,β-unsaturated/α-hetero) is 1. The maximum Gasteiger partial charge on any atom is 0.360 e. The van der Waals surface area contributed by atoms with Crippen molar-refractivity contribution in [2.75, 3.05) is 17.6 Å². The molecule has 0 aliphatic heterocycles. The van der Waals surface area contributed by atoms with E-state index in [1.54, 1.807) is 19.1 Å². The molecule has 0 bridgehead atoms. The lowest BCUT2D eigenvalue weighted by atomic mass is 9.87. The van der Waals surface area contributed by atoms with E-state index in [-0.39, 0.29) is 12.1 Å². The molecule has 0 saturated carbocycles. The number of nitrogens with two attached hydrogens (primary N) is 2. The van der Waals surface area contributed by atoms with E-state index in [1.165, 1.54) is 13.0 Å². The van der Waals surface area contributed by atoms with Crippen molar-refractivity contribution in [1.29, 1.82) is 0 Å². The second kappa shape index (κ2) is 7.57. The minimum atomic E-state index is -1.92. The molecule has 0 unspecified atom stereocenters. The summed E-state index contributed by atoms with van der Waals surface area (Å²) in [4.78, 5) is 36.6. The zero-order valence-electron chi connectivity index (χ0n) is 14.8.